The van der Waals surface area contributed by atoms with Crippen LogP contribution in [0.2, 0.25) is 0 Å². The smallest absolute Gasteiger partial charge is 0.274 e. The van der Waals surface area contributed by atoms with E-state index in [-0.39, 0.29) is 5.56 Å². The van der Waals surface area contributed by atoms with Gasteiger partial charge in [0.05, 0.1) is 11.9 Å². The van der Waals surface area contributed by atoms with Crippen molar-refractivity contribution in [2.45, 2.75) is 103 Å². The largest absolute Gasteiger partial charge is 0.316 e. The molecule has 37 heavy (non-hydrogen) atoms. The number of imidazole rings is 2. The Bertz CT molecular complexity index is 1420. The van der Waals surface area contributed by atoms with E-state index < -0.39 is 0 Å². The maximum absolute atomic E-state index is 13.0. The lowest BCUT2D eigenvalue weighted by atomic mass is 9.86. The number of hydrogen-bond donors (Lipinski definition) is 1. The van der Waals surface area contributed by atoms with E-state index in [0.717, 1.165) is 60.5 Å². The Hall–Kier alpha value is -3.03. The van der Waals surface area contributed by atoms with Crippen LogP contribution in [-0.4, -0.2) is 33.9 Å². The lowest BCUT2D eigenvalue weighted by Gasteiger charge is -2.21. The highest BCUT2D eigenvalue weighted by Crippen LogP contribution is 2.29. The molecule has 0 spiro atoms. The van der Waals surface area contributed by atoms with Crippen molar-refractivity contribution in [3.63, 3.8) is 0 Å². The molecule has 4 heterocycles. The maximum atomic E-state index is 13.0. The van der Waals surface area contributed by atoms with Crippen molar-refractivity contribution in [2.24, 2.45) is 11.8 Å². The van der Waals surface area contributed by atoms with Crippen molar-refractivity contribution < 1.29 is 0 Å². The number of aryl methyl sites for hydroxylation is 3. The van der Waals surface area contributed by atoms with Crippen molar-refractivity contribution in [2.75, 3.05) is 0 Å². The number of aromatic nitrogens is 7. The van der Waals surface area contributed by atoms with Gasteiger partial charge in [0.1, 0.15) is 22.7 Å². The van der Waals surface area contributed by atoms with Crippen LogP contribution in [0.15, 0.2) is 23.4 Å². The number of aromatic amines is 1. The molecule has 4 aromatic rings. The van der Waals surface area contributed by atoms with Crippen LogP contribution in [0, 0.1) is 11.8 Å². The van der Waals surface area contributed by atoms with E-state index >= 15 is 0 Å². The van der Waals surface area contributed by atoms with E-state index in [2.05, 4.69) is 16.9 Å². The Morgan fingerprint density at radius 1 is 0.892 bits per heavy atom. The van der Waals surface area contributed by atoms with Gasteiger partial charge >= 0.3 is 0 Å². The Balaban J connectivity index is 1.37. The SMILES string of the molecule is CCc1nc(-n2ccnc2CCC2CCCCC2)nc2c1[nH]c(=O)c1cnc(CCC3CCCCC3)n12. The van der Waals surface area contributed by atoms with Gasteiger partial charge in [-0.2, -0.15) is 4.98 Å². The summed E-state index contributed by atoms with van der Waals surface area (Å²) in [6, 6.07) is 0. The minimum absolute atomic E-state index is 0.134. The molecule has 6 rings (SSSR count). The topological polar surface area (TPSA) is 93.8 Å². The Labute approximate surface area is 218 Å². The highest BCUT2D eigenvalue weighted by atomic mass is 16.1. The first-order chi connectivity index (χ1) is 18.2. The number of rotatable bonds is 8. The normalized spacial score (nSPS) is 17.8. The van der Waals surface area contributed by atoms with Crippen LogP contribution >= 0.6 is 0 Å². The molecule has 0 unspecified atom stereocenters. The van der Waals surface area contributed by atoms with Gasteiger partial charge < -0.3 is 4.98 Å². The van der Waals surface area contributed by atoms with Crippen LogP contribution in [0.5, 0.6) is 0 Å². The van der Waals surface area contributed by atoms with Crippen LogP contribution in [0.1, 0.15) is 101 Å². The van der Waals surface area contributed by atoms with Gasteiger partial charge in [0.25, 0.3) is 5.56 Å². The zero-order valence-electron chi connectivity index (χ0n) is 22.1. The fourth-order valence-electron chi connectivity index (χ4n) is 6.59. The molecule has 196 valence electrons. The van der Waals surface area contributed by atoms with Crippen molar-refractivity contribution in [3.8, 4) is 5.95 Å². The average molecular weight is 502 g/mol. The monoisotopic (exact) mass is 501 g/mol. The second-order valence-corrected chi connectivity index (χ2v) is 11.2. The van der Waals surface area contributed by atoms with Crippen LogP contribution < -0.4 is 5.56 Å². The van der Waals surface area contributed by atoms with Crippen LogP contribution in [-0.2, 0) is 19.3 Å². The van der Waals surface area contributed by atoms with Crippen LogP contribution in [0.3, 0.4) is 0 Å². The molecule has 4 aromatic heterocycles. The summed E-state index contributed by atoms with van der Waals surface area (Å²) in [5.41, 5.74) is 2.72. The van der Waals surface area contributed by atoms with Crippen molar-refractivity contribution >= 4 is 16.7 Å². The lowest BCUT2D eigenvalue weighted by molar-refractivity contribution is 0.337. The molecule has 2 aliphatic carbocycles. The molecule has 0 bridgehead atoms. The Morgan fingerprint density at radius 3 is 2.24 bits per heavy atom. The van der Waals surface area contributed by atoms with E-state index in [1.54, 1.807) is 6.20 Å². The molecule has 2 saturated carbocycles. The number of fused-ring (bicyclic) bond motifs is 3. The zero-order valence-corrected chi connectivity index (χ0v) is 22.1. The lowest BCUT2D eigenvalue weighted by Crippen LogP contribution is -2.17. The molecule has 0 atom stereocenters. The summed E-state index contributed by atoms with van der Waals surface area (Å²) in [6.07, 6.45) is 23.7. The van der Waals surface area contributed by atoms with E-state index in [4.69, 9.17) is 15.0 Å². The average Bonchev–Trinajstić information content (AvgIpc) is 3.59. The summed E-state index contributed by atoms with van der Waals surface area (Å²) in [7, 11) is 0. The van der Waals surface area contributed by atoms with Gasteiger partial charge in [-0.1, -0.05) is 71.1 Å². The first kappa shape index (κ1) is 24.3. The molecule has 1 N–H and O–H groups in total. The van der Waals surface area contributed by atoms with Gasteiger partial charge in [0.15, 0.2) is 5.65 Å². The van der Waals surface area contributed by atoms with Gasteiger partial charge in [-0.3, -0.25) is 13.8 Å². The van der Waals surface area contributed by atoms with Gasteiger partial charge in [-0.15, -0.1) is 0 Å². The fourth-order valence-corrected chi connectivity index (χ4v) is 6.59. The minimum Gasteiger partial charge on any atom is -0.316 e. The summed E-state index contributed by atoms with van der Waals surface area (Å²) in [5.74, 6) is 4.11. The summed E-state index contributed by atoms with van der Waals surface area (Å²) >= 11 is 0. The molecule has 0 amide bonds. The van der Waals surface area contributed by atoms with Crippen LogP contribution in [0.4, 0.5) is 0 Å². The van der Waals surface area contributed by atoms with Gasteiger partial charge in [0, 0.05) is 25.2 Å². The first-order valence-electron chi connectivity index (χ1n) is 14.5. The van der Waals surface area contributed by atoms with E-state index in [9.17, 15) is 4.79 Å². The molecule has 0 aliphatic heterocycles. The number of nitrogens with one attached hydrogen (secondary N) is 1. The van der Waals surface area contributed by atoms with E-state index in [1.807, 2.05) is 21.4 Å². The molecular formula is C29H39N7O. The zero-order chi connectivity index (χ0) is 25.2. The quantitative estimate of drug-likeness (QED) is 0.332. The molecule has 0 aromatic carbocycles. The predicted octanol–water partition coefficient (Wildman–Crippen LogP) is 5.74. The van der Waals surface area contributed by atoms with Gasteiger partial charge in [-0.25, -0.2) is 15.0 Å². The molecule has 2 aliphatic rings. The number of H-pyrrole nitrogens is 1. The minimum atomic E-state index is -0.134. The van der Waals surface area contributed by atoms with Gasteiger partial charge in [-0.05, 0) is 31.1 Å². The fraction of sp³-hybridized carbons (Fsp3) is 0.621. The molecule has 8 nitrogen and oxygen atoms in total. The summed E-state index contributed by atoms with van der Waals surface area (Å²) < 4.78 is 4.02. The summed E-state index contributed by atoms with van der Waals surface area (Å²) in [6.45, 7) is 2.07. The highest BCUT2D eigenvalue weighted by molar-refractivity contribution is 5.77. The van der Waals surface area contributed by atoms with Gasteiger partial charge in [0.2, 0.25) is 5.95 Å². The van der Waals surface area contributed by atoms with Crippen molar-refractivity contribution in [1.29, 1.82) is 0 Å². The van der Waals surface area contributed by atoms with Crippen molar-refractivity contribution in [1.82, 2.24) is 33.9 Å². The third-order valence-corrected chi connectivity index (χ3v) is 8.74. The highest BCUT2D eigenvalue weighted by Gasteiger charge is 2.20. The first-order valence-corrected chi connectivity index (χ1v) is 14.5. The van der Waals surface area contributed by atoms with E-state index in [1.165, 1.54) is 64.2 Å². The van der Waals surface area contributed by atoms with Crippen LogP contribution in [0.25, 0.3) is 22.6 Å². The second kappa shape index (κ2) is 10.8. The molecule has 8 heteroatoms. The maximum Gasteiger partial charge on any atom is 0.274 e. The number of nitrogens with zero attached hydrogens (tertiary/aromatic N) is 6. The molecular weight excluding hydrogens is 462 g/mol. The third kappa shape index (κ3) is 4.94. The Kier molecular flexibility index (Phi) is 7.07. The number of hydrogen-bond acceptors (Lipinski definition) is 5. The molecule has 0 radical (unpaired) electrons. The Morgan fingerprint density at radius 2 is 1.57 bits per heavy atom. The summed E-state index contributed by atoms with van der Waals surface area (Å²) in [5, 5.41) is 0. The second-order valence-electron chi connectivity index (χ2n) is 11.2. The predicted molar refractivity (Wildman–Crippen MR) is 145 cm³/mol. The molecule has 0 saturated heterocycles. The third-order valence-electron chi connectivity index (χ3n) is 8.74. The van der Waals surface area contributed by atoms with Crippen molar-refractivity contribution in [3.05, 3.63) is 46.3 Å². The summed E-state index contributed by atoms with van der Waals surface area (Å²) in [4.78, 5) is 35.4. The molecule has 2 fully saturated rings. The standard InChI is InChI=1S/C29H39N7O/c1-2-22-26-27(34-29(32-22)35-18-17-30-24(35)15-13-20-9-5-3-6-10-20)36-23(28(37)33-26)19-31-25(36)16-14-21-11-7-4-8-12-21/h17-21H,2-16H2,1H3,(H,33,37). The van der Waals surface area contributed by atoms with E-state index in [0.29, 0.717) is 23.4 Å².